The van der Waals surface area contributed by atoms with Crippen molar-refractivity contribution < 1.29 is 13.9 Å². The van der Waals surface area contributed by atoms with Crippen molar-refractivity contribution in [2.75, 3.05) is 17.3 Å². The molecular weight excluding hydrogens is 325 g/mol. The molecule has 1 heterocycles. The molecule has 1 aliphatic heterocycles. The Bertz CT molecular complexity index is 529. The highest BCUT2D eigenvalue weighted by atomic mass is 79.9. The largest absolute Gasteiger partial charge is 0.423 e. The van der Waals surface area contributed by atoms with E-state index in [4.69, 9.17) is 9.47 Å². The van der Waals surface area contributed by atoms with Crippen LogP contribution in [0.3, 0.4) is 0 Å². The molecule has 0 amide bonds. The third-order valence-corrected chi connectivity index (χ3v) is 3.49. The van der Waals surface area contributed by atoms with E-state index in [9.17, 15) is 4.39 Å². The van der Waals surface area contributed by atoms with Crippen LogP contribution in [0.5, 0.6) is 11.5 Å². The molecule has 3 nitrogen and oxygen atoms in total. The molecule has 0 fully saturated rings. The maximum absolute atomic E-state index is 13.7. The van der Waals surface area contributed by atoms with Gasteiger partial charge in [-0.2, -0.15) is 4.39 Å². The van der Waals surface area contributed by atoms with E-state index in [1.165, 1.54) is 12.6 Å². The van der Waals surface area contributed by atoms with Gasteiger partial charge in [-0.25, -0.2) is 0 Å². The fraction of sp³-hybridized carbons (Fsp3) is 0.467. The number of hydrogen-bond donors (Lipinski definition) is 0. The number of halogens is 2. The fourth-order valence-corrected chi connectivity index (χ4v) is 2.60. The molecule has 1 aromatic carbocycles. The van der Waals surface area contributed by atoms with E-state index in [2.05, 4.69) is 40.8 Å². The molecular formula is C15H19BrFNO2. The first kappa shape index (κ1) is 15.2. The van der Waals surface area contributed by atoms with Gasteiger partial charge in [0.2, 0.25) is 0 Å². The highest BCUT2D eigenvalue weighted by molar-refractivity contribution is 9.09. The van der Waals surface area contributed by atoms with Crippen LogP contribution in [0.25, 0.3) is 0 Å². The molecule has 0 saturated heterocycles. The highest BCUT2D eigenvalue weighted by Gasteiger charge is 2.37. The van der Waals surface area contributed by atoms with Gasteiger partial charge in [0.1, 0.15) is 0 Å². The minimum absolute atomic E-state index is 0.384. The Morgan fingerprint density at radius 1 is 1.40 bits per heavy atom. The monoisotopic (exact) mass is 343 g/mol. The predicted molar refractivity (Wildman–Crippen MR) is 82.3 cm³/mol. The molecule has 20 heavy (non-hydrogen) atoms. The quantitative estimate of drug-likeness (QED) is 0.752. The molecule has 0 spiro atoms. The number of hydrogen-bond acceptors (Lipinski definition) is 3. The van der Waals surface area contributed by atoms with Gasteiger partial charge in [-0.3, -0.25) is 0 Å². The Hall–Kier alpha value is -1.23. The van der Waals surface area contributed by atoms with Gasteiger partial charge < -0.3 is 14.4 Å². The van der Waals surface area contributed by atoms with Crippen molar-refractivity contribution in [3.8, 4) is 11.5 Å². The van der Waals surface area contributed by atoms with Crippen molar-refractivity contribution >= 4 is 21.6 Å². The molecule has 2 rings (SSSR count). The molecule has 5 heteroatoms. The van der Waals surface area contributed by atoms with Crippen LogP contribution in [0.15, 0.2) is 30.0 Å². The standard InChI is InChI=1S/C15H19BrFNO2/c1-10(2)12(7-8-16)18(4)11-5-6-13-14(9-11)20-15(3,17)19-13/h5-7,9-10H,8H2,1-4H3/b12-7-. The Kier molecular flexibility index (Phi) is 4.28. The van der Waals surface area contributed by atoms with Crippen LogP contribution in [0.4, 0.5) is 10.1 Å². The molecule has 0 bridgehead atoms. The molecule has 110 valence electrons. The van der Waals surface area contributed by atoms with E-state index in [1.54, 1.807) is 12.1 Å². The minimum atomic E-state index is -2.08. The van der Waals surface area contributed by atoms with Crippen LogP contribution in [-0.2, 0) is 0 Å². The summed E-state index contributed by atoms with van der Waals surface area (Å²) in [5.41, 5.74) is 2.12. The summed E-state index contributed by atoms with van der Waals surface area (Å²) in [6.45, 7) is 5.52. The number of allylic oxidation sites excluding steroid dienone is 2. The second kappa shape index (κ2) is 5.64. The zero-order valence-corrected chi connectivity index (χ0v) is 13.7. The van der Waals surface area contributed by atoms with Crippen molar-refractivity contribution in [1.82, 2.24) is 0 Å². The van der Waals surface area contributed by atoms with Gasteiger partial charge in [0.15, 0.2) is 11.5 Å². The third kappa shape index (κ3) is 3.08. The SMILES string of the molecule is CC(C)/C(=C/CBr)N(C)c1ccc2c(c1)OC(C)(F)O2. The first-order valence-corrected chi connectivity index (χ1v) is 7.67. The Morgan fingerprint density at radius 3 is 2.65 bits per heavy atom. The van der Waals surface area contributed by atoms with Gasteiger partial charge >= 0.3 is 6.04 Å². The second-order valence-corrected chi connectivity index (χ2v) is 5.81. The van der Waals surface area contributed by atoms with Gasteiger partial charge in [0.05, 0.1) is 0 Å². The number of anilines is 1. The summed E-state index contributed by atoms with van der Waals surface area (Å²) in [5, 5.41) is 0.790. The van der Waals surface area contributed by atoms with Crippen molar-refractivity contribution in [2.24, 2.45) is 5.92 Å². The van der Waals surface area contributed by atoms with Crippen molar-refractivity contribution in [3.05, 3.63) is 30.0 Å². The summed E-state index contributed by atoms with van der Waals surface area (Å²) in [5.74, 6) is 1.25. The summed E-state index contributed by atoms with van der Waals surface area (Å²) in [6, 6.07) is 3.35. The van der Waals surface area contributed by atoms with Crippen molar-refractivity contribution in [3.63, 3.8) is 0 Å². The summed E-state index contributed by atoms with van der Waals surface area (Å²) in [7, 11) is 1.99. The number of benzene rings is 1. The third-order valence-electron chi connectivity index (χ3n) is 3.16. The van der Waals surface area contributed by atoms with E-state index in [0.717, 1.165) is 11.0 Å². The molecule has 0 aliphatic carbocycles. The average molecular weight is 344 g/mol. The maximum atomic E-state index is 13.7. The van der Waals surface area contributed by atoms with Crippen LogP contribution in [-0.4, -0.2) is 18.4 Å². The molecule has 1 unspecified atom stereocenters. The summed E-state index contributed by atoms with van der Waals surface area (Å²) < 4.78 is 23.9. The van der Waals surface area contributed by atoms with Crippen LogP contribution >= 0.6 is 15.9 Å². The Balaban J connectivity index is 2.29. The van der Waals surface area contributed by atoms with E-state index in [-0.39, 0.29) is 0 Å². The molecule has 0 aromatic heterocycles. The molecule has 0 saturated carbocycles. The number of fused-ring (bicyclic) bond motifs is 1. The number of alkyl halides is 2. The van der Waals surface area contributed by atoms with Crippen LogP contribution in [0.2, 0.25) is 0 Å². The maximum Gasteiger partial charge on any atom is 0.404 e. The van der Waals surface area contributed by atoms with Crippen LogP contribution < -0.4 is 14.4 Å². The molecule has 0 N–H and O–H groups in total. The average Bonchev–Trinajstić information content (AvgIpc) is 2.67. The lowest BCUT2D eigenvalue weighted by atomic mass is 10.1. The molecule has 1 aromatic rings. The minimum Gasteiger partial charge on any atom is -0.423 e. The van der Waals surface area contributed by atoms with E-state index in [0.29, 0.717) is 17.4 Å². The number of ether oxygens (including phenoxy) is 2. The first-order chi connectivity index (χ1) is 9.34. The lowest BCUT2D eigenvalue weighted by Crippen LogP contribution is -2.27. The van der Waals surface area contributed by atoms with Gasteiger partial charge in [0, 0.05) is 36.8 Å². The van der Waals surface area contributed by atoms with Gasteiger partial charge in [0.25, 0.3) is 0 Å². The van der Waals surface area contributed by atoms with Gasteiger partial charge in [-0.05, 0) is 18.1 Å². The lowest BCUT2D eigenvalue weighted by Gasteiger charge is -2.26. The fourth-order valence-electron chi connectivity index (χ4n) is 2.27. The Labute approximate surface area is 127 Å². The van der Waals surface area contributed by atoms with Crippen LogP contribution in [0, 0.1) is 5.92 Å². The number of nitrogens with zero attached hydrogens (tertiary/aromatic N) is 1. The second-order valence-electron chi connectivity index (χ2n) is 5.17. The summed E-state index contributed by atoms with van der Waals surface area (Å²) in [4.78, 5) is 2.07. The van der Waals surface area contributed by atoms with E-state index < -0.39 is 6.04 Å². The molecule has 1 atom stereocenters. The zero-order chi connectivity index (χ0) is 14.9. The normalized spacial score (nSPS) is 21.4. The van der Waals surface area contributed by atoms with E-state index >= 15 is 0 Å². The Morgan fingerprint density at radius 2 is 2.05 bits per heavy atom. The first-order valence-electron chi connectivity index (χ1n) is 6.55. The molecule has 0 radical (unpaired) electrons. The summed E-state index contributed by atoms with van der Waals surface area (Å²) >= 11 is 3.43. The smallest absolute Gasteiger partial charge is 0.404 e. The predicted octanol–water partition coefficient (Wildman–Crippen LogP) is 4.47. The highest BCUT2D eigenvalue weighted by Crippen LogP contribution is 2.42. The molecule has 1 aliphatic rings. The van der Waals surface area contributed by atoms with Crippen molar-refractivity contribution in [1.29, 1.82) is 0 Å². The van der Waals surface area contributed by atoms with Gasteiger partial charge in [-0.15, -0.1) is 0 Å². The van der Waals surface area contributed by atoms with Gasteiger partial charge in [-0.1, -0.05) is 35.9 Å². The van der Waals surface area contributed by atoms with E-state index in [1.807, 2.05) is 13.1 Å². The topological polar surface area (TPSA) is 21.7 Å². The summed E-state index contributed by atoms with van der Waals surface area (Å²) in [6.07, 6.45) is 2.12. The van der Waals surface area contributed by atoms with Crippen LogP contribution in [0.1, 0.15) is 20.8 Å². The lowest BCUT2D eigenvalue weighted by molar-refractivity contribution is -0.173. The van der Waals surface area contributed by atoms with Crippen molar-refractivity contribution in [2.45, 2.75) is 26.8 Å². The number of rotatable bonds is 4. The zero-order valence-electron chi connectivity index (χ0n) is 12.1.